The number of rotatable bonds is 3. The van der Waals surface area contributed by atoms with Crippen molar-refractivity contribution in [1.29, 1.82) is 0 Å². The summed E-state index contributed by atoms with van der Waals surface area (Å²) in [4.78, 5) is 32.4. The molecule has 2 aliphatic rings. The molecule has 1 aliphatic heterocycles. The molecule has 1 aromatic heterocycles. The SMILES string of the molecule is O=C(C[C@@H]1CCc2ccccc21)N1CCN(C(=O)c2ncn[nH]2)CC1. The number of amides is 2. The first kappa shape index (κ1) is 15.8. The predicted molar refractivity (Wildman–Crippen MR) is 91.0 cm³/mol. The maximum atomic E-state index is 12.7. The standard InChI is InChI=1S/C18H21N5O2/c24-16(11-14-6-5-13-3-1-2-4-15(13)14)22-7-9-23(10-8-22)18(25)17-19-12-20-21-17/h1-4,12,14H,5-11H2,(H,19,20,21)/t14-/m0/s1. The van der Waals surface area contributed by atoms with E-state index in [9.17, 15) is 9.59 Å². The number of aromatic amines is 1. The van der Waals surface area contributed by atoms with Crippen molar-refractivity contribution in [3.63, 3.8) is 0 Å². The number of fused-ring (bicyclic) bond motifs is 1. The summed E-state index contributed by atoms with van der Waals surface area (Å²) in [6, 6.07) is 8.42. The fourth-order valence-corrected chi connectivity index (χ4v) is 3.81. The molecular formula is C18H21N5O2. The lowest BCUT2D eigenvalue weighted by molar-refractivity contribution is -0.133. The second-order valence-corrected chi connectivity index (χ2v) is 6.65. The van der Waals surface area contributed by atoms with E-state index < -0.39 is 0 Å². The quantitative estimate of drug-likeness (QED) is 0.911. The Labute approximate surface area is 146 Å². The molecule has 2 heterocycles. The molecular weight excluding hydrogens is 318 g/mol. The van der Waals surface area contributed by atoms with Gasteiger partial charge in [-0.2, -0.15) is 5.10 Å². The van der Waals surface area contributed by atoms with E-state index >= 15 is 0 Å². The summed E-state index contributed by atoms with van der Waals surface area (Å²) in [5.74, 6) is 0.614. The van der Waals surface area contributed by atoms with Gasteiger partial charge in [-0.15, -0.1) is 0 Å². The average Bonchev–Trinajstić information content (AvgIpc) is 3.32. The van der Waals surface area contributed by atoms with Crippen LogP contribution in [0.15, 0.2) is 30.6 Å². The molecule has 2 aromatic rings. The van der Waals surface area contributed by atoms with E-state index in [0.29, 0.717) is 38.5 Å². The number of aryl methyl sites for hydroxylation is 1. The van der Waals surface area contributed by atoms with E-state index in [2.05, 4.69) is 39.4 Å². The molecule has 25 heavy (non-hydrogen) atoms. The number of carbonyl (C=O) groups excluding carboxylic acids is 2. The number of hydrogen-bond acceptors (Lipinski definition) is 4. The van der Waals surface area contributed by atoms with Crippen LogP contribution >= 0.6 is 0 Å². The topological polar surface area (TPSA) is 82.2 Å². The molecule has 0 radical (unpaired) electrons. The number of benzene rings is 1. The van der Waals surface area contributed by atoms with Gasteiger partial charge in [0.05, 0.1) is 0 Å². The molecule has 1 atom stereocenters. The van der Waals surface area contributed by atoms with Crippen LogP contribution in [0.5, 0.6) is 0 Å². The van der Waals surface area contributed by atoms with Crippen LogP contribution in [-0.2, 0) is 11.2 Å². The van der Waals surface area contributed by atoms with Crippen LogP contribution in [0.25, 0.3) is 0 Å². The van der Waals surface area contributed by atoms with Crippen molar-refractivity contribution in [1.82, 2.24) is 25.0 Å². The predicted octanol–water partition coefficient (Wildman–Crippen LogP) is 1.21. The second-order valence-electron chi connectivity index (χ2n) is 6.65. The van der Waals surface area contributed by atoms with E-state index in [1.54, 1.807) is 4.90 Å². The number of H-pyrrole nitrogens is 1. The molecule has 7 nitrogen and oxygen atoms in total. The van der Waals surface area contributed by atoms with Gasteiger partial charge >= 0.3 is 0 Å². The zero-order valence-corrected chi connectivity index (χ0v) is 14.0. The maximum absolute atomic E-state index is 12.7. The van der Waals surface area contributed by atoms with E-state index in [4.69, 9.17) is 0 Å². The number of aromatic nitrogens is 3. The number of piperazine rings is 1. The first-order chi connectivity index (χ1) is 12.2. The molecule has 130 valence electrons. The highest BCUT2D eigenvalue weighted by Crippen LogP contribution is 2.35. The van der Waals surface area contributed by atoms with Gasteiger partial charge in [0.2, 0.25) is 11.7 Å². The Morgan fingerprint density at radius 1 is 1.12 bits per heavy atom. The Kier molecular flexibility index (Phi) is 4.21. The summed E-state index contributed by atoms with van der Waals surface area (Å²) >= 11 is 0. The molecule has 0 saturated carbocycles. The average molecular weight is 339 g/mol. The number of carbonyl (C=O) groups is 2. The summed E-state index contributed by atoms with van der Waals surface area (Å²) in [6.45, 7) is 2.22. The lowest BCUT2D eigenvalue weighted by Crippen LogP contribution is -2.51. The van der Waals surface area contributed by atoms with Crippen molar-refractivity contribution in [2.45, 2.75) is 25.2 Å². The third-order valence-electron chi connectivity index (χ3n) is 5.22. The third-order valence-corrected chi connectivity index (χ3v) is 5.22. The molecule has 4 rings (SSSR count). The minimum atomic E-state index is -0.158. The van der Waals surface area contributed by atoms with Crippen molar-refractivity contribution >= 4 is 11.8 Å². The first-order valence-corrected chi connectivity index (χ1v) is 8.72. The minimum Gasteiger partial charge on any atom is -0.339 e. The molecule has 0 unspecified atom stereocenters. The lowest BCUT2D eigenvalue weighted by Gasteiger charge is -2.34. The third kappa shape index (κ3) is 3.14. The van der Waals surface area contributed by atoms with Gasteiger partial charge in [-0.1, -0.05) is 24.3 Å². The molecule has 7 heteroatoms. The van der Waals surface area contributed by atoms with Crippen LogP contribution in [0.1, 0.15) is 40.5 Å². The Bertz CT molecular complexity index is 766. The smallest absolute Gasteiger partial charge is 0.291 e. The first-order valence-electron chi connectivity index (χ1n) is 8.72. The molecule has 1 aliphatic carbocycles. The van der Waals surface area contributed by atoms with Gasteiger partial charge in [-0.3, -0.25) is 14.7 Å². The van der Waals surface area contributed by atoms with Crippen LogP contribution in [0, 0.1) is 0 Å². The number of nitrogens with one attached hydrogen (secondary N) is 1. The summed E-state index contributed by atoms with van der Waals surface area (Å²) in [6.07, 6.45) is 4.00. The zero-order chi connectivity index (χ0) is 17.2. The molecule has 0 spiro atoms. The Morgan fingerprint density at radius 3 is 2.64 bits per heavy atom. The molecule has 2 amide bonds. The van der Waals surface area contributed by atoms with Crippen molar-refractivity contribution in [3.8, 4) is 0 Å². The largest absolute Gasteiger partial charge is 0.339 e. The van der Waals surface area contributed by atoms with E-state index in [1.807, 2.05) is 4.90 Å². The maximum Gasteiger partial charge on any atom is 0.291 e. The summed E-state index contributed by atoms with van der Waals surface area (Å²) < 4.78 is 0. The van der Waals surface area contributed by atoms with E-state index in [0.717, 1.165) is 12.8 Å². The van der Waals surface area contributed by atoms with Gasteiger partial charge in [-0.05, 0) is 29.9 Å². The highest BCUT2D eigenvalue weighted by molar-refractivity contribution is 5.90. The van der Waals surface area contributed by atoms with E-state index in [-0.39, 0.29) is 17.6 Å². The second kappa shape index (κ2) is 6.66. The van der Waals surface area contributed by atoms with Crippen LogP contribution in [0.2, 0.25) is 0 Å². The highest BCUT2D eigenvalue weighted by Gasteiger charge is 2.29. The van der Waals surface area contributed by atoms with Gasteiger partial charge in [-0.25, -0.2) is 4.98 Å². The van der Waals surface area contributed by atoms with Gasteiger partial charge in [0, 0.05) is 32.6 Å². The number of nitrogens with zero attached hydrogens (tertiary/aromatic N) is 4. The molecule has 1 N–H and O–H groups in total. The Hall–Kier alpha value is -2.70. The summed E-state index contributed by atoms with van der Waals surface area (Å²) in [5.41, 5.74) is 2.71. The van der Waals surface area contributed by atoms with Gasteiger partial charge in [0.1, 0.15) is 6.33 Å². The molecule has 1 aromatic carbocycles. The van der Waals surface area contributed by atoms with Crippen LogP contribution in [0.4, 0.5) is 0 Å². The summed E-state index contributed by atoms with van der Waals surface area (Å²) in [7, 11) is 0. The molecule has 0 bridgehead atoms. The molecule has 1 saturated heterocycles. The Balaban J connectivity index is 1.32. The number of hydrogen-bond donors (Lipinski definition) is 1. The van der Waals surface area contributed by atoms with Gasteiger partial charge < -0.3 is 9.80 Å². The normalized spacial score (nSPS) is 19.8. The van der Waals surface area contributed by atoms with Crippen LogP contribution in [0.3, 0.4) is 0 Å². The zero-order valence-electron chi connectivity index (χ0n) is 14.0. The highest BCUT2D eigenvalue weighted by atomic mass is 16.2. The van der Waals surface area contributed by atoms with Gasteiger partial charge in [0.25, 0.3) is 5.91 Å². The van der Waals surface area contributed by atoms with Crippen molar-refractivity contribution < 1.29 is 9.59 Å². The minimum absolute atomic E-state index is 0.158. The lowest BCUT2D eigenvalue weighted by atomic mass is 9.97. The van der Waals surface area contributed by atoms with Gasteiger partial charge in [0.15, 0.2) is 0 Å². The van der Waals surface area contributed by atoms with Crippen molar-refractivity contribution in [2.24, 2.45) is 0 Å². The fraction of sp³-hybridized carbons (Fsp3) is 0.444. The van der Waals surface area contributed by atoms with Crippen molar-refractivity contribution in [3.05, 3.63) is 47.5 Å². The van der Waals surface area contributed by atoms with Crippen LogP contribution in [-0.4, -0.2) is 63.0 Å². The Morgan fingerprint density at radius 2 is 1.88 bits per heavy atom. The van der Waals surface area contributed by atoms with Crippen LogP contribution < -0.4 is 0 Å². The monoisotopic (exact) mass is 339 g/mol. The van der Waals surface area contributed by atoms with E-state index in [1.165, 1.54) is 17.5 Å². The summed E-state index contributed by atoms with van der Waals surface area (Å²) in [5, 5.41) is 6.30. The fourth-order valence-electron chi connectivity index (χ4n) is 3.81. The molecule has 1 fully saturated rings. The van der Waals surface area contributed by atoms with Crippen molar-refractivity contribution in [2.75, 3.05) is 26.2 Å².